The number of carbonyl (C=O) groups is 1. The standard InChI is InChI=1S/C20H21N3O2S/c1-5-9-23-14(3)11-17(15(23)4)18(24)12-26-20-22-21-19(25-20)16-8-6-7-13(2)10-16/h5-8,10-11H,1,9,12H2,2-4H3. The van der Waals surface area contributed by atoms with Gasteiger partial charge in [0.1, 0.15) is 0 Å². The van der Waals surface area contributed by atoms with Crippen molar-refractivity contribution in [3.63, 3.8) is 0 Å². The van der Waals surface area contributed by atoms with E-state index in [1.165, 1.54) is 11.8 Å². The molecule has 0 amide bonds. The van der Waals surface area contributed by atoms with Crippen LogP contribution in [0.4, 0.5) is 0 Å². The van der Waals surface area contributed by atoms with E-state index in [0.29, 0.717) is 17.7 Å². The zero-order valence-corrected chi connectivity index (χ0v) is 16.0. The van der Waals surface area contributed by atoms with Gasteiger partial charge in [-0.25, -0.2) is 0 Å². The van der Waals surface area contributed by atoms with Crippen LogP contribution in [0.3, 0.4) is 0 Å². The smallest absolute Gasteiger partial charge is 0.277 e. The number of hydrogen-bond acceptors (Lipinski definition) is 5. The molecule has 0 fully saturated rings. The van der Waals surface area contributed by atoms with Gasteiger partial charge in [-0.3, -0.25) is 4.79 Å². The fourth-order valence-electron chi connectivity index (χ4n) is 2.86. The molecule has 3 rings (SSSR count). The highest BCUT2D eigenvalue weighted by Gasteiger charge is 2.17. The Bertz CT molecular complexity index is 956. The molecule has 0 saturated carbocycles. The van der Waals surface area contributed by atoms with Crippen molar-refractivity contribution in [3.8, 4) is 11.5 Å². The summed E-state index contributed by atoms with van der Waals surface area (Å²) in [6, 6.07) is 9.80. The number of thioether (sulfide) groups is 1. The van der Waals surface area contributed by atoms with Crippen LogP contribution >= 0.6 is 11.8 Å². The summed E-state index contributed by atoms with van der Waals surface area (Å²) >= 11 is 1.26. The second kappa shape index (κ2) is 7.74. The zero-order chi connectivity index (χ0) is 18.7. The molecule has 1 aromatic carbocycles. The molecule has 6 heteroatoms. The van der Waals surface area contributed by atoms with Crippen molar-refractivity contribution < 1.29 is 9.21 Å². The van der Waals surface area contributed by atoms with E-state index >= 15 is 0 Å². The molecule has 0 aliphatic heterocycles. The largest absolute Gasteiger partial charge is 0.411 e. The van der Waals surface area contributed by atoms with E-state index in [1.807, 2.05) is 57.2 Å². The second-order valence-corrected chi connectivity index (χ2v) is 7.07. The maximum Gasteiger partial charge on any atom is 0.277 e. The molecule has 134 valence electrons. The highest BCUT2D eigenvalue weighted by Crippen LogP contribution is 2.25. The average molecular weight is 367 g/mol. The summed E-state index contributed by atoms with van der Waals surface area (Å²) in [6.07, 6.45) is 1.83. The number of rotatable bonds is 7. The van der Waals surface area contributed by atoms with Gasteiger partial charge >= 0.3 is 0 Å². The van der Waals surface area contributed by atoms with Crippen LogP contribution < -0.4 is 0 Å². The first-order valence-electron chi connectivity index (χ1n) is 8.33. The number of carbonyl (C=O) groups excluding carboxylic acids is 1. The Hall–Kier alpha value is -2.60. The Labute approximate surface area is 157 Å². The molecule has 0 N–H and O–H groups in total. The van der Waals surface area contributed by atoms with E-state index in [2.05, 4.69) is 21.3 Å². The lowest BCUT2D eigenvalue weighted by molar-refractivity contribution is 0.102. The molecule has 0 unspecified atom stereocenters. The van der Waals surface area contributed by atoms with Gasteiger partial charge in [0.15, 0.2) is 5.78 Å². The molecule has 0 spiro atoms. The molecule has 3 aromatic rings. The predicted molar refractivity (Wildman–Crippen MR) is 104 cm³/mol. The van der Waals surface area contributed by atoms with Crippen molar-refractivity contribution in [2.24, 2.45) is 0 Å². The molecular weight excluding hydrogens is 346 g/mol. The van der Waals surface area contributed by atoms with Gasteiger partial charge in [0.2, 0.25) is 5.89 Å². The first-order chi connectivity index (χ1) is 12.5. The summed E-state index contributed by atoms with van der Waals surface area (Å²) < 4.78 is 7.76. The second-order valence-electron chi connectivity index (χ2n) is 6.14. The SMILES string of the molecule is C=CCn1c(C)cc(C(=O)CSc2nnc(-c3cccc(C)c3)o2)c1C. The molecule has 0 aliphatic rings. The van der Waals surface area contributed by atoms with Crippen molar-refractivity contribution in [1.82, 2.24) is 14.8 Å². The van der Waals surface area contributed by atoms with Gasteiger partial charge in [-0.2, -0.15) is 0 Å². The van der Waals surface area contributed by atoms with Gasteiger partial charge in [-0.15, -0.1) is 16.8 Å². The van der Waals surface area contributed by atoms with Crippen LogP contribution in [0, 0.1) is 20.8 Å². The molecule has 2 aromatic heterocycles. The topological polar surface area (TPSA) is 60.9 Å². The highest BCUT2D eigenvalue weighted by atomic mass is 32.2. The summed E-state index contributed by atoms with van der Waals surface area (Å²) in [7, 11) is 0. The minimum atomic E-state index is 0.0497. The predicted octanol–water partition coefficient (Wildman–Crippen LogP) is 4.62. The number of hydrogen-bond donors (Lipinski definition) is 0. The van der Waals surface area contributed by atoms with Crippen molar-refractivity contribution in [3.05, 3.63) is 65.5 Å². The van der Waals surface area contributed by atoms with E-state index < -0.39 is 0 Å². The number of aryl methyl sites for hydroxylation is 2. The molecule has 0 aliphatic carbocycles. The molecule has 0 radical (unpaired) electrons. The van der Waals surface area contributed by atoms with E-state index in [0.717, 1.165) is 28.1 Å². The summed E-state index contributed by atoms with van der Waals surface area (Å²) in [5, 5.41) is 8.51. The van der Waals surface area contributed by atoms with Crippen molar-refractivity contribution >= 4 is 17.5 Å². The summed E-state index contributed by atoms with van der Waals surface area (Å²) in [5.74, 6) is 0.773. The summed E-state index contributed by atoms with van der Waals surface area (Å²) in [4.78, 5) is 12.6. The van der Waals surface area contributed by atoms with Crippen molar-refractivity contribution in [2.75, 3.05) is 5.75 Å². The van der Waals surface area contributed by atoms with Gasteiger partial charge in [0.25, 0.3) is 5.22 Å². The van der Waals surface area contributed by atoms with E-state index in [1.54, 1.807) is 0 Å². The normalized spacial score (nSPS) is 10.9. The lowest BCUT2D eigenvalue weighted by Gasteiger charge is -2.05. The number of allylic oxidation sites excluding steroid dienone is 1. The van der Waals surface area contributed by atoms with E-state index in [-0.39, 0.29) is 11.5 Å². The monoisotopic (exact) mass is 367 g/mol. The lowest BCUT2D eigenvalue weighted by atomic mass is 10.1. The minimum absolute atomic E-state index is 0.0497. The Morgan fingerprint density at radius 1 is 1.27 bits per heavy atom. The zero-order valence-electron chi connectivity index (χ0n) is 15.2. The Balaban J connectivity index is 1.69. The third-order valence-corrected chi connectivity index (χ3v) is 5.00. The first kappa shape index (κ1) is 18.2. The number of aromatic nitrogens is 3. The maximum absolute atomic E-state index is 12.6. The minimum Gasteiger partial charge on any atom is -0.411 e. The van der Waals surface area contributed by atoms with Gasteiger partial charge in [-0.1, -0.05) is 35.5 Å². The molecular formula is C20H21N3O2S. The van der Waals surface area contributed by atoms with Gasteiger partial charge < -0.3 is 8.98 Å². The average Bonchev–Trinajstić information content (AvgIpc) is 3.20. The summed E-state index contributed by atoms with van der Waals surface area (Å²) in [6.45, 7) is 10.4. The number of ketones is 1. The quantitative estimate of drug-likeness (QED) is 0.346. The van der Waals surface area contributed by atoms with Crippen LogP contribution in [0.5, 0.6) is 0 Å². The Morgan fingerprint density at radius 2 is 2.08 bits per heavy atom. The van der Waals surface area contributed by atoms with Gasteiger partial charge in [0, 0.05) is 29.1 Å². The first-order valence-corrected chi connectivity index (χ1v) is 9.32. The molecule has 0 atom stereocenters. The fraction of sp³-hybridized carbons (Fsp3) is 0.250. The summed E-state index contributed by atoms with van der Waals surface area (Å²) in [5.41, 5.74) is 4.74. The molecule has 0 bridgehead atoms. The molecule has 2 heterocycles. The molecule has 0 saturated heterocycles. The maximum atomic E-state index is 12.6. The van der Waals surface area contributed by atoms with Crippen molar-refractivity contribution in [2.45, 2.75) is 32.5 Å². The van der Waals surface area contributed by atoms with Crippen LogP contribution in [0.2, 0.25) is 0 Å². The third-order valence-electron chi connectivity index (χ3n) is 4.18. The van der Waals surface area contributed by atoms with Crippen LogP contribution in [0.15, 0.2) is 52.6 Å². The fourth-order valence-corrected chi connectivity index (χ4v) is 3.51. The van der Waals surface area contributed by atoms with Crippen LogP contribution in [0.25, 0.3) is 11.5 Å². The third kappa shape index (κ3) is 3.80. The number of nitrogens with zero attached hydrogens (tertiary/aromatic N) is 3. The number of Topliss-reactive ketones (excluding diaryl/α,β-unsaturated/α-hetero) is 1. The number of benzene rings is 1. The van der Waals surface area contributed by atoms with Crippen LogP contribution in [0.1, 0.15) is 27.3 Å². The Kier molecular flexibility index (Phi) is 5.42. The Morgan fingerprint density at radius 3 is 2.81 bits per heavy atom. The van der Waals surface area contributed by atoms with Gasteiger partial charge in [-0.05, 0) is 39.0 Å². The van der Waals surface area contributed by atoms with E-state index in [4.69, 9.17) is 4.42 Å². The van der Waals surface area contributed by atoms with Crippen LogP contribution in [-0.4, -0.2) is 26.3 Å². The van der Waals surface area contributed by atoms with Crippen LogP contribution in [-0.2, 0) is 6.54 Å². The highest BCUT2D eigenvalue weighted by molar-refractivity contribution is 7.99. The molecule has 5 nitrogen and oxygen atoms in total. The molecule has 26 heavy (non-hydrogen) atoms. The lowest BCUT2D eigenvalue weighted by Crippen LogP contribution is -2.06. The van der Waals surface area contributed by atoms with Crippen molar-refractivity contribution in [1.29, 1.82) is 0 Å². The van der Waals surface area contributed by atoms with Gasteiger partial charge in [0.05, 0.1) is 5.75 Å². The van der Waals surface area contributed by atoms with E-state index in [9.17, 15) is 4.79 Å².